The molecule has 0 unspecified atom stereocenters. The number of unbranched alkanes of at least 4 members (excludes halogenated alkanes) is 1. The van der Waals surface area contributed by atoms with Crippen molar-refractivity contribution in [2.45, 2.75) is 32.9 Å². The van der Waals surface area contributed by atoms with Crippen molar-refractivity contribution in [1.29, 1.82) is 0 Å². The Hall–Kier alpha value is -1.31. The van der Waals surface area contributed by atoms with Gasteiger partial charge in [0.1, 0.15) is 5.82 Å². The zero-order valence-corrected chi connectivity index (χ0v) is 15.9. The summed E-state index contributed by atoms with van der Waals surface area (Å²) in [7, 11) is -3.49. The topological polar surface area (TPSA) is 50.3 Å². The van der Waals surface area contributed by atoms with Crippen molar-refractivity contribution in [2.75, 3.05) is 5.75 Å². The molecule has 4 nitrogen and oxygen atoms in total. The van der Waals surface area contributed by atoms with Gasteiger partial charge in [-0.25, -0.2) is 12.8 Å². The van der Waals surface area contributed by atoms with Crippen LogP contribution in [-0.2, 0) is 23.1 Å². The van der Waals surface area contributed by atoms with Crippen LogP contribution in [0, 0.1) is 5.82 Å². The van der Waals surface area contributed by atoms with Crippen molar-refractivity contribution in [1.82, 2.24) is 9.29 Å². The first-order valence-corrected chi connectivity index (χ1v) is 10.1. The van der Waals surface area contributed by atoms with E-state index in [1.807, 2.05) is 6.92 Å². The van der Waals surface area contributed by atoms with E-state index in [1.165, 1.54) is 10.4 Å². The van der Waals surface area contributed by atoms with E-state index < -0.39 is 15.8 Å². The summed E-state index contributed by atoms with van der Waals surface area (Å²) in [6.45, 7) is 2.05. The average molecular weight is 415 g/mol. The molecule has 24 heavy (non-hydrogen) atoms. The summed E-state index contributed by atoms with van der Waals surface area (Å²) in [5, 5.41) is 0. The van der Waals surface area contributed by atoms with Crippen LogP contribution in [0.25, 0.3) is 0 Å². The third-order valence-corrected chi connectivity index (χ3v) is 5.92. The second-order valence-electron chi connectivity index (χ2n) is 5.49. The van der Waals surface area contributed by atoms with Gasteiger partial charge >= 0.3 is 0 Å². The van der Waals surface area contributed by atoms with Gasteiger partial charge in [0.2, 0.25) is 10.0 Å². The molecule has 0 spiro atoms. The SMILES string of the molecule is CCCCS(=O)(=O)N(Cc1ccccn1)Cc1ccc(Br)cc1F. The maximum Gasteiger partial charge on any atom is 0.214 e. The van der Waals surface area contributed by atoms with Crippen molar-refractivity contribution in [2.24, 2.45) is 0 Å². The van der Waals surface area contributed by atoms with Gasteiger partial charge in [-0.2, -0.15) is 4.31 Å². The fourth-order valence-corrected chi connectivity index (χ4v) is 4.13. The molecular weight excluding hydrogens is 395 g/mol. The molecule has 0 fully saturated rings. The maximum atomic E-state index is 14.1. The van der Waals surface area contributed by atoms with E-state index >= 15 is 0 Å². The van der Waals surface area contributed by atoms with Crippen LogP contribution in [0.2, 0.25) is 0 Å². The molecule has 0 saturated heterocycles. The monoisotopic (exact) mass is 414 g/mol. The number of hydrogen-bond donors (Lipinski definition) is 0. The Morgan fingerprint density at radius 3 is 2.62 bits per heavy atom. The number of nitrogens with zero attached hydrogens (tertiary/aromatic N) is 2. The molecule has 1 aromatic carbocycles. The zero-order chi connectivity index (χ0) is 17.6. The van der Waals surface area contributed by atoms with Crippen LogP contribution in [0.1, 0.15) is 31.0 Å². The lowest BCUT2D eigenvalue weighted by Gasteiger charge is -2.22. The van der Waals surface area contributed by atoms with Crippen LogP contribution in [0.3, 0.4) is 0 Å². The molecule has 0 aliphatic rings. The number of aromatic nitrogens is 1. The number of hydrogen-bond acceptors (Lipinski definition) is 3. The molecule has 0 amide bonds. The van der Waals surface area contributed by atoms with Gasteiger partial charge in [-0.3, -0.25) is 4.98 Å². The highest BCUT2D eigenvalue weighted by atomic mass is 79.9. The highest BCUT2D eigenvalue weighted by molar-refractivity contribution is 9.10. The van der Waals surface area contributed by atoms with Crippen molar-refractivity contribution in [3.05, 3.63) is 64.1 Å². The molecule has 0 aliphatic carbocycles. The Bertz CT molecular complexity index is 769. The molecule has 0 bridgehead atoms. The van der Waals surface area contributed by atoms with Crippen LogP contribution >= 0.6 is 15.9 Å². The summed E-state index contributed by atoms with van der Waals surface area (Å²) in [5.41, 5.74) is 0.976. The quantitative estimate of drug-likeness (QED) is 0.652. The molecule has 0 radical (unpaired) electrons. The molecule has 1 heterocycles. The normalized spacial score (nSPS) is 11.8. The largest absolute Gasteiger partial charge is 0.260 e. The van der Waals surface area contributed by atoms with Gasteiger partial charge in [0.25, 0.3) is 0 Å². The van der Waals surface area contributed by atoms with Crippen LogP contribution < -0.4 is 0 Å². The minimum Gasteiger partial charge on any atom is -0.260 e. The standard InChI is InChI=1S/C17H20BrFN2O2S/c1-2-3-10-24(22,23)21(13-16-6-4-5-9-20-16)12-14-7-8-15(18)11-17(14)19/h4-9,11H,2-3,10,12-13H2,1H3. The average Bonchev–Trinajstić information content (AvgIpc) is 2.55. The number of halogens is 2. The minimum atomic E-state index is -3.49. The number of sulfonamides is 1. The molecule has 0 N–H and O–H groups in total. The van der Waals surface area contributed by atoms with E-state index in [0.717, 1.165) is 6.42 Å². The van der Waals surface area contributed by atoms with E-state index in [-0.39, 0.29) is 18.8 Å². The van der Waals surface area contributed by atoms with Crippen molar-refractivity contribution in [3.8, 4) is 0 Å². The molecule has 1 aromatic heterocycles. The molecule has 0 aliphatic heterocycles. The molecule has 7 heteroatoms. The Morgan fingerprint density at radius 2 is 2.00 bits per heavy atom. The molecule has 0 saturated carbocycles. The fourth-order valence-electron chi connectivity index (χ4n) is 2.22. The molecular formula is C17H20BrFN2O2S. The maximum absolute atomic E-state index is 14.1. The highest BCUT2D eigenvalue weighted by Gasteiger charge is 2.23. The van der Waals surface area contributed by atoms with Gasteiger partial charge in [-0.05, 0) is 30.7 Å². The van der Waals surface area contributed by atoms with Gasteiger partial charge in [0.05, 0.1) is 18.0 Å². The van der Waals surface area contributed by atoms with Crippen molar-refractivity contribution in [3.63, 3.8) is 0 Å². The molecule has 2 aromatic rings. The summed E-state index contributed by atoms with van der Waals surface area (Å²) < 4.78 is 41.3. The smallest absolute Gasteiger partial charge is 0.214 e. The Labute approximate surface area is 150 Å². The van der Waals surface area contributed by atoms with E-state index in [2.05, 4.69) is 20.9 Å². The molecule has 0 atom stereocenters. The first-order valence-electron chi connectivity index (χ1n) is 7.74. The van der Waals surface area contributed by atoms with Gasteiger partial charge in [0, 0.05) is 22.8 Å². The Morgan fingerprint density at radius 1 is 1.21 bits per heavy atom. The molecule has 2 rings (SSSR count). The summed E-state index contributed by atoms with van der Waals surface area (Å²) >= 11 is 3.21. The highest BCUT2D eigenvalue weighted by Crippen LogP contribution is 2.20. The van der Waals surface area contributed by atoms with Crippen LogP contribution in [0.5, 0.6) is 0 Å². The molecule has 130 valence electrons. The lowest BCUT2D eigenvalue weighted by molar-refractivity contribution is 0.389. The fraction of sp³-hybridized carbons (Fsp3) is 0.353. The van der Waals surface area contributed by atoms with Crippen LogP contribution in [-0.4, -0.2) is 23.5 Å². The summed E-state index contributed by atoms with van der Waals surface area (Å²) in [5.74, 6) is -0.379. The first kappa shape index (κ1) is 19.0. The predicted octanol–water partition coefficient (Wildman–Crippen LogP) is 4.12. The summed E-state index contributed by atoms with van der Waals surface area (Å²) in [4.78, 5) is 4.18. The Balaban J connectivity index is 2.28. The summed E-state index contributed by atoms with van der Waals surface area (Å²) in [6.07, 6.45) is 2.97. The van der Waals surface area contributed by atoms with Gasteiger partial charge < -0.3 is 0 Å². The van der Waals surface area contributed by atoms with E-state index in [1.54, 1.807) is 36.5 Å². The van der Waals surface area contributed by atoms with Gasteiger partial charge in [-0.15, -0.1) is 0 Å². The van der Waals surface area contributed by atoms with Crippen LogP contribution in [0.15, 0.2) is 47.1 Å². The minimum absolute atomic E-state index is 0.0122. The Kier molecular flexibility index (Phi) is 6.89. The van der Waals surface area contributed by atoms with E-state index in [9.17, 15) is 12.8 Å². The number of benzene rings is 1. The first-order chi connectivity index (χ1) is 11.4. The predicted molar refractivity (Wildman–Crippen MR) is 96.3 cm³/mol. The van der Waals surface area contributed by atoms with Gasteiger partial charge in [-0.1, -0.05) is 41.4 Å². The third kappa shape index (κ3) is 5.36. The summed E-state index contributed by atoms with van der Waals surface area (Å²) in [6, 6.07) is 9.98. The van der Waals surface area contributed by atoms with Crippen LogP contribution in [0.4, 0.5) is 4.39 Å². The lowest BCUT2D eigenvalue weighted by Crippen LogP contribution is -2.32. The lowest BCUT2D eigenvalue weighted by atomic mass is 10.2. The number of rotatable bonds is 8. The van der Waals surface area contributed by atoms with E-state index in [0.29, 0.717) is 22.2 Å². The van der Waals surface area contributed by atoms with E-state index in [4.69, 9.17) is 0 Å². The van der Waals surface area contributed by atoms with Crippen molar-refractivity contribution < 1.29 is 12.8 Å². The second kappa shape index (κ2) is 8.69. The number of pyridine rings is 1. The van der Waals surface area contributed by atoms with Crippen molar-refractivity contribution >= 4 is 26.0 Å². The van der Waals surface area contributed by atoms with Gasteiger partial charge in [0.15, 0.2) is 0 Å². The zero-order valence-electron chi connectivity index (χ0n) is 13.5. The third-order valence-electron chi connectivity index (χ3n) is 3.58. The second-order valence-corrected chi connectivity index (χ2v) is 8.50.